The first-order valence-corrected chi connectivity index (χ1v) is 10.1. The number of hydrogen-bond acceptors (Lipinski definition) is 5. The van der Waals surface area contributed by atoms with Crippen LogP contribution < -0.4 is 4.73 Å². The maximum atomic E-state index is 13.6. The normalized spacial score (nSPS) is 13.2. The lowest BCUT2D eigenvalue weighted by Crippen LogP contribution is -2.31. The predicted octanol–water partition coefficient (Wildman–Crippen LogP) is 3.19. The van der Waals surface area contributed by atoms with Gasteiger partial charge in [0.2, 0.25) is 5.82 Å². The Morgan fingerprint density at radius 3 is 2.33 bits per heavy atom. The molecular formula is C17H15F5N4O3S. The molecule has 0 aliphatic carbocycles. The maximum Gasteiger partial charge on any atom is 0.417 e. The Balaban J connectivity index is 2.35. The molecule has 0 unspecified atom stereocenters. The standard InChI is InChI=1S/C17H15F5N4O3S/c1-4-30(28,29)12-6-9(17(20,21)22)7-23-13(12)14-24-11-5-10(16(2,18)19)8-26(27)15(11)25(14)3/h5-8H,4H2,1-3H3. The smallest absolute Gasteiger partial charge is 0.417 e. The zero-order valence-corrected chi connectivity index (χ0v) is 16.6. The van der Waals surface area contributed by atoms with E-state index in [0.717, 1.165) is 10.6 Å². The van der Waals surface area contributed by atoms with E-state index in [4.69, 9.17) is 0 Å². The van der Waals surface area contributed by atoms with Gasteiger partial charge in [0.15, 0.2) is 15.4 Å². The van der Waals surface area contributed by atoms with E-state index in [2.05, 4.69) is 9.97 Å². The van der Waals surface area contributed by atoms with Crippen molar-refractivity contribution in [2.45, 2.75) is 30.8 Å². The molecule has 30 heavy (non-hydrogen) atoms. The van der Waals surface area contributed by atoms with Crippen molar-refractivity contribution in [2.24, 2.45) is 7.05 Å². The molecule has 0 atom stereocenters. The van der Waals surface area contributed by atoms with Gasteiger partial charge in [-0.25, -0.2) is 31.5 Å². The van der Waals surface area contributed by atoms with Crippen LogP contribution in [0.4, 0.5) is 22.0 Å². The summed E-state index contributed by atoms with van der Waals surface area (Å²) in [6, 6.07) is 1.39. The number of rotatable bonds is 4. The number of fused-ring (bicyclic) bond motifs is 1. The van der Waals surface area contributed by atoms with Gasteiger partial charge in [0.1, 0.15) is 11.9 Å². The lowest BCUT2D eigenvalue weighted by molar-refractivity contribution is -0.581. The number of aryl methyl sites for hydroxylation is 1. The zero-order chi connectivity index (χ0) is 22.6. The molecule has 3 heterocycles. The summed E-state index contributed by atoms with van der Waals surface area (Å²) >= 11 is 0. The molecule has 3 aromatic rings. The molecule has 0 spiro atoms. The number of nitrogens with zero attached hydrogens (tertiary/aromatic N) is 4. The van der Waals surface area contributed by atoms with Crippen molar-refractivity contribution in [3.63, 3.8) is 0 Å². The fourth-order valence-electron chi connectivity index (χ4n) is 2.85. The van der Waals surface area contributed by atoms with Crippen molar-refractivity contribution in [1.29, 1.82) is 0 Å². The molecule has 0 bridgehead atoms. The van der Waals surface area contributed by atoms with Crippen LogP contribution in [0.1, 0.15) is 25.0 Å². The topological polar surface area (TPSA) is 91.8 Å². The molecule has 3 rings (SSSR count). The number of halogens is 5. The number of pyridine rings is 2. The van der Waals surface area contributed by atoms with Crippen molar-refractivity contribution in [1.82, 2.24) is 14.5 Å². The van der Waals surface area contributed by atoms with Gasteiger partial charge in [-0.1, -0.05) is 6.92 Å². The fourth-order valence-corrected chi connectivity index (χ4v) is 3.91. The first kappa shape index (κ1) is 21.9. The number of sulfone groups is 1. The number of aromatic nitrogens is 4. The first-order valence-electron chi connectivity index (χ1n) is 8.45. The largest absolute Gasteiger partial charge is 0.711 e. The van der Waals surface area contributed by atoms with Crippen LogP contribution in [0.15, 0.2) is 29.4 Å². The van der Waals surface area contributed by atoms with Crippen LogP contribution in [-0.4, -0.2) is 28.7 Å². The third-order valence-electron chi connectivity index (χ3n) is 4.46. The molecule has 3 aromatic heterocycles. The van der Waals surface area contributed by atoms with Crippen LogP contribution >= 0.6 is 0 Å². The highest BCUT2D eigenvalue weighted by Gasteiger charge is 2.36. The van der Waals surface area contributed by atoms with Gasteiger partial charge in [0, 0.05) is 13.1 Å². The summed E-state index contributed by atoms with van der Waals surface area (Å²) in [6.45, 7) is 1.83. The van der Waals surface area contributed by atoms with E-state index in [1.54, 1.807) is 0 Å². The second-order valence-corrected chi connectivity index (χ2v) is 8.86. The summed E-state index contributed by atoms with van der Waals surface area (Å²) in [5.41, 5.74) is -2.71. The van der Waals surface area contributed by atoms with Crippen LogP contribution in [0.25, 0.3) is 22.7 Å². The first-order chi connectivity index (χ1) is 13.7. The van der Waals surface area contributed by atoms with E-state index in [1.165, 1.54) is 14.0 Å². The Hall–Kier alpha value is -2.83. The third kappa shape index (κ3) is 3.68. The highest BCUT2D eigenvalue weighted by molar-refractivity contribution is 7.91. The highest BCUT2D eigenvalue weighted by Crippen LogP contribution is 2.35. The van der Waals surface area contributed by atoms with Gasteiger partial charge < -0.3 is 5.21 Å². The monoisotopic (exact) mass is 450 g/mol. The minimum atomic E-state index is -4.84. The summed E-state index contributed by atoms with van der Waals surface area (Å²) < 4.78 is 92.6. The Bertz CT molecular complexity index is 1250. The van der Waals surface area contributed by atoms with E-state index in [1.807, 2.05) is 0 Å². The van der Waals surface area contributed by atoms with Gasteiger partial charge in [-0.15, -0.1) is 0 Å². The molecular weight excluding hydrogens is 435 g/mol. The van der Waals surface area contributed by atoms with Crippen LogP contribution in [-0.2, 0) is 29.0 Å². The Kier molecular flexibility index (Phi) is 5.00. The number of imidazole rings is 1. The van der Waals surface area contributed by atoms with E-state index in [9.17, 15) is 35.6 Å². The van der Waals surface area contributed by atoms with Crippen molar-refractivity contribution < 1.29 is 35.1 Å². The molecule has 0 aliphatic rings. The second kappa shape index (κ2) is 6.86. The molecule has 0 fully saturated rings. The Morgan fingerprint density at radius 2 is 1.80 bits per heavy atom. The molecule has 0 radical (unpaired) electrons. The SMILES string of the molecule is CCS(=O)(=O)c1cc(C(F)(F)F)cnc1-c1nc2cc(C(C)(F)F)c[n+]([O-])c2n1C. The van der Waals surface area contributed by atoms with E-state index >= 15 is 0 Å². The Morgan fingerprint density at radius 1 is 1.17 bits per heavy atom. The Labute approximate surface area is 167 Å². The molecule has 0 aliphatic heterocycles. The van der Waals surface area contributed by atoms with Crippen LogP contribution in [0.3, 0.4) is 0 Å². The van der Waals surface area contributed by atoms with Crippen molar-refractivity contribution in [3.8, 4) is 11.5 Å². The van der Waals surface area contributed by atoms with Gasteiger partial charge in [0.05, 0.1) is 28.8 Å². The second-order valence-electron chi connectivity index (χ2n) is 6.62. The van der Waals surface area contributed by atoms with Gasteiger partial charge in [-0.3, -0.25) is 0 Å². The van der Waals surface area contributed by atoms with E-state index in [-0.39, 0.29) is 21.7 Å². The predicted molar refractivity (Wildman–Crippen MR) is 95.2 cm³/mol. The van der Waals surface area contributed by atoms with Crippen molar-refractivity contribution in [2.75, 3.05) is 5.75 Å². The van der Waals surface area contributed by atoms with Crippen molar-refractivity contribution in [3.05, 3.63) is 40.9 Å². The molecule has 0 saturated heterocycles. The lowest BCUT2D eigenvalue weighted by atomic mass is 10.2. The van der Waals surface area contributed by atoms with Crippen LogP contribution in [0.2, 0.25) is 0 Å². The molecule has 13 heteroatoms. The van der Waals surface area contributed by atoms with Crippen LogP contribution in [0, 0.1) is 5.21 Å². The zero-order valence-electron chi connectivity index (χ0n) is 15.8. The van der Waals surface area contributed by atoms with Crippen molar-refractivity contribution >= 4 is 21.0 Å². The van der Waals surface area contributed by atoms with Crippen LogP contribution in [0.5, 0.6) is 0 Å². The average Bonchev–Trinajstić information content (AvgIpc) is 2.96. The number of alkyl halides is 5. The fraction of sp³-hybridized carbons (Fsp3) is 0.353. The highest BCUT2D eigenvalue weighted by atomic mass is 32.2. The quantitative estimate of drug-likeness (QED) is 0.346. The summed E-state index contributed by atoms with van der Waals surface area (Å²) in [4.78, 5) is 6.94. The number of hydrogen-bond donors (Lipinski definition) is 0. The minimum Gasteiger partial charge on any atom is -0.711 e. The third-order valence-corrected chi connectivity index (χ3v) is 6.20. The maximum absolute atomic E-state index is 13.6. The molecule has 0 N–H and O–H groups in total. The molecule has 162 valence electrons. The molecule has 0 aromatic carbocycles. The molecule has 0 saturated carbocycles. The van der Waals surface area contributed by atoms with Gasteiger partial charge in [-0.2, -0.15) is 18.2 Å². The van der Waals surface area contributed by atoms with Gasteiger partial charge >= 0.3 is 11.8 Å². The summed E-state index contributed by atoms with van der Waals surface area (Å²) in [5.74, 6) is -4.12. The van der Waals surface area contributed by atoms with Gasteiger partial charge in [0.25, 0.3) is 5.92 Å². The average molecular weight is 450 g/mol. The van der Waals surface area contributed by atoms with E-state index in [0.29, 0.717) is 25.4 Å². The lowest BCUT2D eigenvalue weighted by Gasteiger charge is -2.12. The summed E-state index contributed by atoms with van der Waals surface area (Å²) in [6.07, 6.45) is -3.74. The summed E-state index contributed by atoms with van der Waals surface area (Å²) in [7, 11) is -2.88. The van der Waals surface area contributed by atoms with E-state index < -0.39 is 49.4 Å². The molecule has 0 amide bonds. The summed E-state index contributed by atoms with van der Waals surface area (Å²) in [5, 5.41) is 12.3. The minimum absolute atomic E-state index is 0.136. The molecule has 7 nitrogen and oxygen atoms in total. The van der Waals surface area contributed by atoms with Gasteiger partial charge in [-0.05, 0) is 12.1 Å².